The Morgan fingerprint density at radius 3 is 2.94 bits per heavy atom. The molecule has 0 aliphatic heterocycles. The SMILES string of the molecule is Nc1nc2c(-c3cnccc3Cl)c[nH]c2c(=O)[nH]1. The lowest BCUT2D eigenvalue weighted by Gasteiger charge is -2.01. The predicted molar refractivity (Wildman–Crippen MR) is 69.4 cm³/mol. The number of nitrogens with zero attached hydrogens (tertiary/aromatic N) is 2. The number of nitrogens with one attached hydrogen (secondary N) is 2. The van der Waals surface area contributed by atoms with Crippen LogP contribution in [0.1, 0.15) is 0 Å². The topological polar surface area (TPSA) is 100 Å². The third-order valence-corrected chi connectivity index (χ3v) is 2.94. The zero-order valence-electron chi connectivity index (χ0n) is 9.07. The van der Waals surface area contributed by atoms with Crippen molar-refractivity contribution in [1.29, 1.82) is 0 Å². The Morgan fingerprint density at radius 1 is 1.33 bits per heavy atom. The minimum Gasteiger partial charge on any atom is -0.369 e. The molecule has 0 aromatic carbocycles. The van der Waals surface area contributed by atoms with Crippen LogP contribution in [0.15, 0.2) is 29.5 Å². The lowest BCUT2D eigenvalue weighted by molar-refractivity contribution is 1.18. The second kappa shape index (κ2) is 3.85. The first-order valence-corrected chi connectivity index (χ1v) is 5.51. The highest BCUT2D eigenvalue weighted by molar-refractivity contribution is 6.33. The molecule has 0 saturated heterocycles. The van der Waals surface area contributed by atoms with Crippen molar-refractivity contribution < 1.29 is 0 Å². The standard InChI is InChI=1S/C11H8ClN5O/c12-7-1-2-14-3-5(7)6-4-15-9-8(6)16-11(13)17-10(9)18/h1-4,15H,(H3,13,16,17,18). The molecule has 7 heteroatoms. The maximum absolute atomic E-state index is 11.7. The van der Waals surface area contributed by atoms with Crippen LogP contribution >= 0.6 is 11.6 Å². The van der Waals surface area contributed by atoms with E-state index >= 15 is 0 Å². The van der Waals surface area contributed by atoms with E-state index in [0.29, 0.717) is 27.2 Å². The van der Waals surface area contributed by atoms with Gasteiger partial charge in [0.15, 0.2) is 0 Å². The van der Waals surface area contributed by atoms with E-state index in [2.05, 4.69) is 19.9 Å². The Kier molecular flexibility index (Phi) is 2.31. The number of aromatic amines is 2. The van der Waals surface area contributed by atoms with Crippen molar-refractivity contribution >= 4 is 28.6 Å². The zero-order valence-corrected chi connectivity index (χ0v) is 9.82. The molecule has 18 heavy (non-hydrogen) atoms. The number of fused-ring (bicyclic) bond motifs is 1. The van der Waals surface area contributed by atoms with Crippen molar-refractivity contribution in [2.45, 2.75) is 0 Å². The van der Waals surface area contributed by atoms with E-state index in [1.807, 2.05) is 0 Å². The highest BCUT2D eigenvalue weighted by Crippen LogP contribution is 2.30. The maximum atomic E-state index is 11.7. The molecule has 4 N–H and O–H groups in total. The van der Waals surface area contributed by atoms with Gasteiger partial charge in [-0.25, -0.2) is 4.98 Å². The summed E-state index contributed by atoms with van der Waals surface area (Å²) in [6.07, 6.45) is 4.87. The van der Waals surface area contributed by atoms with Crippen LogP contribution < -0.4 is 11.3 Å². The lowest BCUT2D eigenvalue weighted by Crippen LogP contribution is -2.10. The number of anilines is 1. The van der Waals surface area contributed by atoms with E-state index < -0.39 is 0 Å². The highest BCUT2D eigenvalue weighted by atomic mass is 35.5. The first-order valence-electron chi connectivity index (χ1n) is 5.13. The van der Waals surface area contributed by atoms with Gasteiger partial charge in [0, 0.05) is 29.7 Å². The van der Waals surface area contributed by atoms with Gasteiger partial charge in [-0.05, 0) is 6.07 Å². The number of hydrogen-bond acceptors (Lipinski definition) is 4. The lowest BCUT2D eigenvalue weighted by atomic mass is 10.1. The van der Waals surface area contributed by atoms with Crippen molar-refractivity contribution in [2.75, 3.05) is 5.73 Å². The van der Waals surface area contributed by atoms with Crippen LogP contribution in [0.4, 0.5) is 5.95 Å². The molecule has 0 radical (unpaired) electrons. The quantitative estimate of drug-likeness (QED) is 0.619. The van der Waals surface area contributed by atoms with Gasteiger partial charge < -0.3 is 10.7 Å². The van der Waals surface area contributed by atoms with Crippen LogP contribution in [0.2, 0.25) is 5.02 Å². The van der Waals surface area contributed by atoms with Crippen molar-refractivity contribution in [3.63, 3.8) is 0 Å². The molecule has 0 aliphatic carbocycles. The smallest absolute Gasteiger partial charge is 0.276 e. The van der Waals surface area contributed by atoms with Gasteiger partial charge >= 0.3 is 0 Å². The minimum absolute atomic E-state index is 0.0633. The number of aromatic nitrogens is 4. The third kappa shape index (κ3) is 1.54. The summed E-state index contributed by atoms with van der Waals surface area (Å²) in [6, 6.07) is 1.67. The molecule has 3 heterocycles. The van der Waals surface area contributed by atoms with Gasteiger partial charge in [0.05, 0.1) is 5.02 Å². The van der Waals surface area contributed by atoms with Crippen molar-refractivity contribution in [2.24, 2.45) is 0 Å². The van der Waals surface area contributed by atoms with Crippen molar-refractivity contribution in [1.82, 2.24) is 19.9 Å². The third-order valence-electron chi connectivity index (χ3n) is 2.61. The molecular weight excluding hydrogens is 254 g/mol. The molecule has 0 amide bonds. The summed E-state index contributed by atoms with van der Waals surface area (Å²) in [6.45, 7) is 0. The van der Waals surface area contributed by atoms with Gasteiger partial charge in [0.1, 0.15) is 11.0 Å². The Balaban J connectivity index is 2.38. The summed E-state index contributed by atoms with van der Waals surface area (Å²) in [5, 5.41) is 0.534. The zero-order chi connectivity index (χ0) is 12.7. The fourth-order valence-corrected chi connectivity index (χ4v) is 2.02. The minimum atomic E-state index is -0.316. The summed E-state index contributed by atoms with van der Waals surface area (Å²) in [5.74, 6) is 0.0633. The Bertz CT molecular complexity index is 791. The van der Waals surface area contributed by atoms with Crippen LogP contribution in [0, 0.1) is 0 Å². The van der Waals surface area contributed by atoms with Gasteiger partial charge in [-0.1, -0.05) is 11.6 Å². The van der Waals surface area contributed by atoms with Gasteiger partial charge in [0.2, 0.25) is 5.95 Å². The molecule has 3 aromatic rings. The monoisotopic (exact) mass is 261 g/mol. The van der Waals surface area contributed by atoms with Crippen LogP contribution in [-0.2, 0) is 0 Å². The Labute approximate surface area is 106 Å². The van der Waals surface area contributed by atoms with Crippen LogP contribution in [0.5, 0.6) is 0 Å². The van der Waals surface area contributed by atoms with E-state index in [1.54, 1.807) is 24.7 Å². The molecule has 0 saturated carbocycles. The van der Waals surface area contributed by atoms with E-state index in [4.69, 9.17) is 17.3 Å². The molecule has 6 nitrogen and oxygen atoms in total. The normalized spacial score (nSPS) is 10.9. The molecule has 0 atom stereocenters. The average molecular weight is 262 g/mol. The van der Waals surface area contributed by atoms with Crippen LogP contribution in [0.25, 0.3) is 22.2 Å². The van der Waals surface area contributed by atoms with Crippen LogP contribution in [0.3, 0.4) is 0 Å². The molecule has 3 aromatic heterocycles. The van der Waals surface area contributed by atoms with Gasteiger partial charge in [-0.2, -0.15) is 0 Å². The fourth-order valence-electron chi connectivity index (χ4n) is 1.81. The molecule has 0 aliphatic rings. The summed E-state index contributed by atoms with van der Waals surface area (Å²) < 4.78 is 0. The summed E-state index contributed by atoms with van der Waals surface area (Å²) in [7, 11) is 0. The second-order valence-corrected chi connectivity index (χ2v) is 4.14. The number of hydrogen-bond donors (Lipinski definition) is 3. The second-order valence-electron chi connectivity index (χ2n) is 3.73. The first kappa shape index (κ1) is 10.8. The maximum Gasteiger partial charge on any atom is 0.276 e. The summed E-state index contributed by atoms with van der Waals surface area (Å²) in [5.41, 5.74) is 7.45. The number of rotatable bonds is 1. The van der Waals surface area contributed by atoms with E-state index in [1.165, 1.54) is 0 Å². The number of halogens is 1. The van der Waals surface area contributed by atoms with Gasteiger partial charge in [-0.3, -0.25) is 14.8 Å². The highest BCUT2D eigenvalue weighted by Gasteiger charge is 2.13. The molecule has 0 bridgehead atoms. The van der Waals surface area contributed by atoms with Crippen molar-refractivity contribution in [3.8, 4) is 11.1 Å². The van der Waals surface area contributed by atoms with Gasteiger partial charge in [-0.15, -0.1) is 0 Å². The molecular formula is C11H8ClN5O. The Morgan fingerprint density at radius 2 is 2.17 bits per heavy atom. The van der Waals surface area contributed by atoms with Gasteiger partial charge in [0.25, 0.3) is 5.56 Å². The van der Waals surface area contributed by atoms with E-state index in [-0.39, 0.29) is 11.5 Å². The Hall–Kier alpha value is -2.34. The summed E-state index contributed by atoms with van der Waals surface area (Å²) >= 11 is 6.10. The molecule has 0 unspecified atom stereocenters. The molecule has 90 valence electrons. The average Bonchev–Trinajstić information content (AvgIpc) is 2.73. The van der Waals surface area contributed by atoms with E-state index in [0.717, 1.165) is 0 Å². The number of pyridine rings is 1. The predicted octanol–water partition coefficient (Wildman–Crippen LogP) is 1.55. The number of nitrogens with two attached hydrogens (primary N) is 1. The van der Waals surface area contributed by atoms with Crippen LogP contribution in [-0.4, -0.2) is 19.9 Å². The van der Waals surface area contributed by atoms with Crippen molar-refractivity contribution in [3.05, 3.63) is 40.0 Å². The van der Waals surface area contributed by atoms with E-state index in [9.17, 15) is 4.79 Å². The molecule has 0 spiro atoms. The first-order chi connectivity index (χ1) is 8.66. The largest absolute Gasteiger partial charge is 0.369 e. The number of H-pyrrole nitrogens is 2. The number of nitrogen functional groups attached to an aromatic ring is 1. The molecule has 3 rings (SSSR count). The summed E-state index contributed by atoms with van der Waals surface area (Å²) in [4.78, 5) is 25.1. The molecule has 0 fully saturated rings. The fraction of sp³-hybridized carbons (Fsp3) is 0.